The van der Waals surface area contributed by atoms with E-state index in [4.69, 9.17) is 0 Å². The van der Waals surface area contributed by atoms with Crippen molar-refractivity contribution in [2.75, 3.05) is 22.4 Å². The summed E-state index contributed by atoms with van der Waals surface area (Å²) in [4.78, 5) is 13.2. The van der Waals surface area contributed by atoms with E-state index >= 15 is 0 Å². The van der Waals surface area contributed by atoms with E-state index in [0.29, 0.717) is 10.6 Å². The molecule has 1 aromatic heterocycles. The van der Waals surface area contributed by atoms with Gasteiger partial charge in [0.05, 0.1) is 16.3 Å². The molecule has 0 radical (unpaired) electrons. The standard InChI is InChI=1S/C20H22N2O3S2/c1-5-27(24,25)22(4)17-8-9-18-15(11-17)12-19(26-18)20(23)21-16-7-6-13(2)14(3)10-16/h6-12H,5H2,1-4H3,(H,21,23). The second kappa shape index (κ2) is 7.32. The zero-order valence-corrected chi connectivity index (χ0v) is 17.4. The van der Waals surface area contributed by atoms with Crippen LogP contribution in [0.1, 0.15) is 27.7 Å². The van der Waals surface area contributed by atoms with Gasteiger partial charge in [-0.05, 0) is 73.7 Å². The van der Waals surface area contributed by atoms with Gasteiger partial charge in [-0.2, -0.15) is 0 Å². The van der Waals surface area contributed by atoms with Gasteiger partial charge < -0.3 is 5.32 Å². The van der Waals surface area contributed by atoms with Crippen LogP contribution in [0.15, 0.2) is 42.5 Å². The summed E-state index contributed by atoms with van der Waals surface area (Å²) in [5.41, 5.74) is 3.64. The minimum atomic E-state index is -3.32. The van der Waals surface area contributed by atoms with E-state index in [1.54, 1.807) is 32.2 Å². The van der Waals surface area contributed by atoms with Crippen LogP contribution in [-0.4, -0.2) is 27.1 Å². The third-order valence-corrected chi connectivity index (χ3v) is 7.52. The van der Waals surface area contributed by atoms with Crippen LogP contribution in [-0.2, 0) is 10.0 Å². The quantitative estimate of drug-likeness (QED) is 0.680. The van der Waals surface area contributed by atoms with Crippen molar-refractivity contribution in [2.45, 2.75) is 20.8 Å². The Hall–Kier alpha value is -2.38. The fraction of sp³-hybridized carbons (Fsp3) is 0.250. The molecular formula is C20H22N2O3S2. The zero-order chi connectivity index (χ0) is 19.8. The van der Waals surface area contributed by atoms with Crippen molar-refractivity contribution >= 4 is 48.7 Å². The first-order valence-electron chi connectivity index (χ1n) is 8.60. The van der Waals surface area contributed by atoms with Gasteiger partial charge in [0.2, 0.25) is 10.0 Å². The maximum Gasteiger partial charge on any atom is 0.265 e. The highest BCUT2D eigenvalue weighted by molar-refractivity contribution is 7.92. The lowest BCUT2D eigenvalue weighted by Crippen LogP contribution is -2.27. The minimum Gasteiger partial charge on any atom is -0.321 e. The Morgan fingerprint density at radius 1 is 1.07 bits per heavy atom. The lowest BCUT2D eigenvalue weighted by molar-refractivity contribution is 0.103. The van der Waals surface area contributed by atoms with Gasteiger partial charge in [0.25, 0.3) is 5.91 Å². The van der Waals surface area contributed by atoms with Gasteiger partial charge >= 0.3 is 0 Å². The van der Waals surface area contributed by atoms with Gasteiger partial charge in [0.1, 0.15) is 0 Å². The molecule has 0 atom stereocenters. The molecule has 0 aliphatic heterocycles. The molecule has 5 nitrogen and oxygen atoms in total. The Labute approximate surface area is 163 Å². The molecule has 3 aromatic rings. The van der Waals surface area contributed by atoms with Gasteiger partial charge in [-0.25, -0.2) is 8.42 Å². The van der Waals surface area contributed by atoms with Crippen LogP contribution in [0.3, 0.4) is 0 Å². The third-order valence-electron chi connectivity index (χ3n) is 4.63. The summed E-state index contributed by atoms with van der Waals surface area (Å²) in [7, 11) is -1.78. The van der Waals surface area contributed by atoms with E-state index < -0.39 is 10.0 Å². The number of sulfonamides is 1. The van der Waals surface area contributed by atoms with Crippen LogP contribution >= 0.6 is 11.3 Å². The molecule has 0 aliphatic rings. The van der Waals surface area contributed by atoms with Crippen molar-refractivity contribution in [2.24, 2.45) is 0 Å². The average Bonchev–Trinajstić information content (AvgIpc) is 3.07. The topological polar surface area (TPSA) is 66.5 Å². The van der Waals surface area contributed by atoms with Crippen LogP contribution in [0, 0.1) is 13.8 Å². The van der Waals surface area contributed by atoms with Crippen LogP contribution in [0.4, 0.5) is 11.4 Å². The average molecular weight is 403 g/mol. The van der Waals surface area contributed by atoms with E-state index in [9.17, 15) is 13.2 Å². The van der Waals surface area contributed by atoms with Gasteiger partial charge in [-0.1, -0.05) is 6.07 Å². The molecule has 142 valence electrons. The van der Waals surface area contributed by atoms with E-state index in [1.165, 1.54) is 21.2 Å². The Morgan fingerprint density at radius 2 is 1.81 bits per heavy atom. The molecule has 3 rings (SSSR count). The number of benzene rings is 2. The number of anilines is 2. The number of nitrogens with zero attached hydrogens (tertiary/aromatic N) is 1. The number of amides is 1. The highest BCUT2D eigenvalue weighted by Crippen LogP contribution is 2.30. The molecule has 1 amide bonds. The molecule has 0 spiro atoms. The van der Waals surface area contributed by atoms with Crippen LogP contribution in [0.5, 0.6) is 0 Å². The number of carbonyl (C=O) groups is 1. The highest BCUT2D eigenvalue weighted by Gasteiger charge is 2.17. The van der Waals surface area contributed by atoms with E-state index in [0.717, 1.165) is 21.3 Å². The minimum absolute atomic E-state index is 0.0365. The van der Waals surface area contributed by atoms with E-state index in [1.807, 2.05) is 38.1 Å². The summed E-state index contributed by atoms with van der Waals surface area (Å²) >= 11 is 1.39. The maximum atomic E-state index is 12.6. The lowest BCUT2D eigenvalue weighted by atomic mass is 10.1. The third kappa shape index (κ3) is 3.99. The SMILES string of the molecule is CCS(=O)(=O)N(C)c1ccc2sc(C(=O)Nc3ccc(C)c(C)c3)cc2c1. The number of aryl methyl sites for hydroxylation is 2. The molecule has 1 N–H and O–H groups in total. The molecule has 27 heavy (non-hydrogen) atoms. The molecule has 1 heterocycles. The smallest absolute Gasteiger partial charge is 0.265 e. The predicted molar refractivity (Wildman–Crippen MR) is 114 cm³/mol. The molecule has 0 aliphatic carbocycles. The van der Waals surface area contributed by atoms with Crippen molar-refractivity contribution in [3.05, 3.63) is 58.5 Å². The summed E-state index contributed by atoms with van der Waals surface area (Å²) in [6, 6.07) is 13.0. The predicted octanol–water partition coefficient (Wildman–Crippen LogP) is 4.56. The monoisotopic (exact) mass is 402 g/mol. The summed E-state index contributed by atoms with van der Waals surface area (Å²) in [6.45, 7) is 5.65. The summed E-state index contributed by atoms with van der Waals surface area (Å²) in [5, 5.41) is 3.77. The second-order valence-electron chi connectivity index (χ2n) is 6.45. The first kappa shape index (κ1) is 19.4. The molecule has 2 aromatic carbocycles. The fourth-order valence-corrected chi connectivity index (χ4v) is 4.47. The number of thiophene rings is 1. The van der Waals surface area contributed by atoms with Crippen LogP contribution < -0.4 is 9.62 Å². The summed E-state index contributed by atoms with van der Waals surface area (Å²) in [6.07, 6.45) is 0. The van der Waals surface area contributed by atoms with E-state index in [2.05, 4.69) is 5.32 Å². The number of rotatable bonds is 5. The van der Waals surface area contributed by atoms with Crippen LogP contribution in [0.2, 0.25) is 0 Å². The largest absolute Gasteiger partial charge is 0.321 e. The first-order valence-corrected chi connectivity index (χ1v) is 11.0. The maximum absolute atomic E-state index is 12.6. The summed E-state index contributed by atoms with van der Waals surface area (Å²) < 4.78 is 26.3. The normalized spacial score (nSPS) is 11.6. The van der Waals surface area contributed by atoms with Crippen molar-refractivity contribution in [3.8, 4) is 0 Å². The Kier molecular flexibility index (Phi) is 5.26. The number of fused-ring (bicyclic) bond motifs is 1. The van der Waals surface area contributed by atoms with Crippen molar-refractivity contribution in [1.82, 2.24) is 0 Å². The number of carbonyl (C=O) groups excluding carboxylic acids is 1. The molecule has 0 fully saturated rings. The van der Waals surface area contributed by atoms with Gasteiger partial charge in [-0.3, -0.25) is 9.10 Å². The molecular weight excluding hydrogens is 380 g/mol. The fourth-order valence-electron chi connectivity index (χ4n) is 2.70. The highest BCUT2D eigenvalue weighted by atomic mass is 32.2. The Balaban J connectivity index is 1.87. The zero-order valence-electron chi connectivity index (χ0n) is 15.7. The van der Waals surface area contributed by atoms with Crippen LogP contribution in [0.25, 0.3) is 10.1 Å². The molecule has 0 saturated heterocycles. The van der Waals surface area contributed by atoms with Crippen molar-refractivity contribution < 1.29 is 13.2 Å². The number of nitrogens with one attached hydrogen (secondary N) is 1. The van der Waals surface area contributed by atoms with Crippen molar-refractivity contribution in [3.63, 3.8) is 0 Å². The van der Waals surface area contributed by atoms with Gasteiger partial charge in [0.15, 0.2) is 0 Å². The molecule has 0 unspecified atom stereocenters. The van der Waals surface area contributed by atoms with Gasteiger partial charge in [-0.15, -0.1) is 11.3 Å². The second-order valence-corrected chi connectivity index (χ2v) is 9.83. The number of hydrogen-bond donors (Lipinski definition) is 1. The molecule has 7 heteroatoms. The van der Waals surface area contributed by atoms with Crippen molar-refractivity contribution in [1.29, 1.82) is 0 Å². The Morgan fingerprint density at radius 3 is 2.48 bits per heavy atom. The van der Waals surface area contributed by atoms with E-state index in [-0.39, 0.29) is 11.7 Å². The van der Waals surface area contributed by atoms with Gasteiger partial charge in [0, 0.05) is 17.4 Å². The number of hydrogen-bond acceptors (Lipinski definition) is 4. The molecule has 0 bridgehead atoms. The first-order chi connectivity index (χ1) is 12.7. The Bertz CT molecular complexity index is 1120. The summed E-state index contributed by atoms with van der Waals surface area (Å²) in [5.74, 6) is -0.134. The molecule has 0 saturated carbocycles. The lowest BCUT2D eigenvalue weighted by Gasteiger charge is -2.18.